The van der Waals surface area contributed by atoms with Gasteiger partial charge in [0.2, 0.25) is 0 Å². The lowest BCUT2D eigenvalue weighted by Gasteiger charge is -2.00. The summed E-state index contributed by atoms with van der Waals surface area (Å²) in [5.74, 6) is -0.625. The summed E-state index contributed by atoms with van der Waals surface area (Å²) in [6, 6.07) is 13.7. The molecule has 0 unspecified atom stereocenters. The number of pyridine rings is 2. The predicted octanol–water partition coefficient (Wildman–Crippen LogP) is 2.00. The Hall–Kier alpha value is -4.20. The van der Waals surface area contributed by atoms with Crippen molar-refractivity contribution < 1.29 is 9.59 Å². The Morgan fingerprint density at radius 3 is 1.36 bits per heavy atom. The standard InChI is InChI=1S/C20H16N6O2/c27-19(17-5-9-21-10-6-17)25-23-13-15-1-2-16(4-3-15)14-24-26-20(28)18-7-11-22-12-8-18/h1-14H,(H,25,27)(H,26,28)/b23-13-,24-14-. The molecule has 0 bridgehead atoms. The van der Waals surface area contributed by atoms with Crippen LogP contribution < -0.4 is 10.9 Å². The maximum atomic E-state index is 11.9. The van der Waals surface area contributed by atoms with Crippen LogP contribution in [0.15, 0.2) is 83.5 Å². The molecule has 0 aliphatic heterocycles. The molecule has 28 heavy (non-hydrogen) atoms. The summed E-state index contributed by atoms with van der Waals surface area (Å²) in [6.07, 6.45) is 9.23. The molecule has 8 nitrogen and oxygen atoms in total. The molecule has 0 atom stereocenters. The van der Waals surface area contributed by atoms with Gasteiger partial charge in [-0.15, -0.1) is 0 Å². The summed E-state index contributed by atoms with van der Waals surface area (Å²) < 4.78 is 0. The lowest BCUT2D eigenvalue weighted by molar-refractivity contribution is 0.0947. The van der Waals surface area contributed by atoms with Gasteiger partial charge < -0.3 is 0 Å². The molecule has 0 saturated heterocycles. The fourth-order valence-corrected chi connectivity index (χ4v) is 2.13. The minimum Gasteiger partial charge on any atom is -0.267 e. The zero-order valence-corrected chi connectivity index (χ0v) is 14.7. The molecule has 138 valence electrons. The van der Waals surface area contributed by atoms with E-state index < -0.39 is 0 Å². The van der Waals surface area contributed by atoms with Crippen molar-refractivity contribution >= 4 is 24.2 Å². The van der Waals surface area contributed by atoms with Crippen molar-refractivity contribution in [3.63, 3.8) is 0 Å². The zero-order valence-electron chi connectivity index (χ0n) is 14.7. The number of benzene rings is 1. The molecule has 0 saturated carbocycles. The maximum Gasteiger partial charge on any atom is 0.271 e. The van der Waals surface area contributed by atoms with E-state index in [1.807, 2.05) is 24.3 Å². The number of aromatic nitrogens is 2. The van der Waals surface area contributed by atoms with Crippen LogP contribution in [0, 0.1) is 0 Å². The van der Waals surface area contributed by atoms with Crippen LogP contribution in [-0.2, 0) is 0 Å². The van der Waals surface area contributed by atoms with Crippen molar-refractivity contribution in [2.24, 2.45) is 10.2 Å². The summed E-state index contributed by atoms with van der Waals surface area (Å²) >= 11 is 0. The highest BCUT2D eigenvalue weighted by Gasteiger charge is 2.02. The van der Waals surface area contributed by atoms with Gasteiger partial charge in [-0.25, -0.2) is 10.9 Å². The number of hydrogen-bond acceptors (Lipinski definition) is 6. The van der Waals surface area contributed by atoms with Crippen LogP contribution in [0.1, 0.15) is 31.8 Å². The van der Waals surface area contributed by atoms with E-state index in [0.717, 1.165) is 11.1 Å². The average molecular weight is 372 g/mol. The van der Waals surface area contributed by atoms with Crippen LogP contribution in [0.3, 0.4) is 0 Å². The molecule has 0 aliphatic carbocycles. The largest absolute Gasteiger partial charge is 0.271 e. The molecule has 0 spiro atoms. The maximum absolute atomic E-state index is 11.9. The first-order valence-corrected chi connectivity index (χ1v) is 8.29. The molecule has 2 amide bonds. The van der Waals surface area contributed by atoms with E-state index in [-0.39, 0.29) is 11.8 Å². The number of rotatable bonds is 6. The highest BCUT2D eigenvalue weighted by Crippen LogP contribution is 2.01. The third kappa shape index (κ3) is 5.40. The first kappa shape index (κ1) is 18.6. The van der Waals surface area contributed by atoms with Gasteiger partial charge in [0.15, 0.2) is 0 Å². The fourth-order valence-electron chi connectivity index (χ4n) is 2.13. The number of carbonyl (C=O) groups is 2. The van der Waals surface area contributed by atoms with E-state index >= 15 is 0 Å². The number of carbonyl (C=O) groups excluding carboxylic acids is 2. The normalized spacial score (nSPS) is 10.9. The minimum atomic E-state index is -0.313. The summed E-state index contributed by atoms with van der Waals surface area (Å²) in [6.45, 7) is 0. The highest BCUT2D eigenvalue weighted by atomic mass is 16.2. The van der Waals surface area contributed by atoms with Gasteiger partial charge in [0, 0.05) is 35.9 Å². The lowest BCUT2D eigenvalue weighted by atomic mass is 10.2. The van der Waals surface area contributed by atoms with E-state index in [2.05, 4.69) is 31.0 Å². The third-order valence-corrected chi connectivity index (χ3v) is 3.58. The first-order valence-electron chi connectivity index (χ1n) is 8.29. The Labute approximate surface area is 161 Å². The Morgan fingerprint density at radius 1 is 0.643 bits per heavy atom. The van der Waals surface area contributed by atoms with Crippen molar-refractivity contribution in [1.82, 2.24) is 20.8 Å². The SMILES string of the molecule is O=C(N/N=C\c1ccc(/C=N\NC(=O)c2ccncc2)cc1)c1ccncc1. The number of hydrazone groups is 2. The smallest absolute Gasteiger partial charge is 0.267 e. The molecule has 2 aromatic heterocycles. The lowest BCUT2D eigenvalue weighted by Crippen LogP contribution is -2.17. The summed E-state index contributed by atoms with van der Waals surface area (Å²) in [7, 11) is 0. The molecular weight excluding hydrogens is 356 g/mol. The van der Waals surface area contributed by atoms with E-state index in [4.69, 9.17) is 0 Å². The molecule has 1 aromatic carbocycles. The van der Waals surface area contributed by atoms with Gasteiger partial charge in [-0.05, 0) is 35.4 Å². The fraction of sp³-hybridized carbons (Fsp3) is 0. The number of nitrogens with zero attached hydrogens (tertiary/aromatic N) is 4. The van der Waals surface area contributed by atoms with Crippen LogP contribution in [0.25, 0.3) is 0 Å². The predicted molar refractivity (Wildman–Crippen MR) is 105 cm³/mol. The van der Waals surface area contributed by atoms with E-state index in [9.17, 15) is 9.59 Å². The van der Waals surface area contributed by atoms with Crippen molar-refractivity contribution in [1.29, 1.82) is 0 Å². The van der Waals surface area contributed by atoms with Crippen LogP contribution in [0.4, 0.5) is 0 Å². The van der Waals surface area contributed by atoms with Gasteiger partial charge in [-0.3, -0.25) is 19.6 Å². The van der Waals surface area contributed by atoms with E-state index in [0.29, 0.717) is 11.1 Å². The van der Waals surface area contributed by atoms with E-state index in [1.165, 1.54) is 12.4 Å². The van der Waals surface area contributed by atoms with Gasteiger partial charge in [-0.2, -0.15) is 10.2 Å². The second kappa shape index (κ2) is 9.48. The van der Waals surface area contributed by atoms with Gasteiger partial charge in [-0.1, -0.05) is 24.3 Å². The van der Waals surface area contributed by atoms with Gasteiger partial charge in [0.25, 0.3) is 11.8 Å². The van der Waals surface area contributed by atoms with Crippen molar-refractivity contribution in [3.05, 3.63) is 95.6 Å². The Kier molecular flexibility index (Phi) is 6.30. The van der Waals surface area contributed by atoms with Crippen molar-refractivity contribution in [2.75, 3.05) is 0 Å². The van der Waals surface area contributed by atoms with Crippen molar-refractivity contribution in [3.8, 4) is 0 Å². The van der Waals surface area contributed by atoms with Gasteiger partial charge >= 0.3 is 0 Å². The second-order valence-corrected chi connectivity index (χ2v) is 5.54. The monoisotopic (exact) mass is 372 g/mol. The molecule has 8 heteroatoms. The molecular formula is C20H16N6O2. The molecule has 0 radical (unpaired) electrons. The Balaban J connectivity index is 1.50. The van der Waals surface area contributed by atoms with Crippen LogP contribution in [0.5, 0.6) is 0 Å². The Bertz CT molecular complexity index is 904. The van der Waals surface area contributed by atoms with Crippen LogP contribution >= 0.6 is 0 Å². The minimum absolute atomic E-state index is 0.313. The number of amides is 2. The second-order valence-electron chi connectivity index (χ2n) is 5.54. The van der Waals surface area contributed by atoms with Crippen LogP contribution in [0.2, 0.25) is 0 Å². The van der Waals surface area contributed by atoms with Gasteiger partial charge in [0.1, 0.15) is 0 Å². The number of hydrogen-bond donors (Lipinski definition) is 2. The van der Waals surface area contributed by atoms with Crippen LogP contribution in [-0.4, -0.2) is 34.2 Å². The summed E-state index contributed by atoms with van der Waals surface area (Å²) in [5, 5.41) is 7.85. The van der Waals surface area contributed by atoms with E-state index in [1.54, 1.807) is 49.1 Å². The molecule has 0 aliphatic rings. The molecule has 0 fully saturated rings. The molecule has 3 aromatic rings. The average Bonchev–Trinajstić information content (AvgIpc) is 2.76. The summed E-state index contributed by atoms with van der Waals surface area (Å²) in [5.41, 5.74) is 7.45. The van der Waals surface area contributed by atoms with Crippen molar-refractivity contribution in [2.45, 2.75) is 0 Å². The highest BCUT2D eigenvalue weighted by molar-refractivity contribution is 5.95. The third-order valence-electron chi connectivity index (χ3n) is 3.58. The topological polar surface area (TPSA) is 109 Å². The molecule has 2 N–H and O–H groups in total. The zero-order chi connectivity index (χ0) is 19.6. The molecule has 2 heterocycles. The first-order chi connectivity index (χ1) is 13.7. The number of nitrogens with one attached hydrogen (secondary N) is 2. The quantitative estimate of drug-likeness (QED) is 0.509. The summed E-state index contributed by atoms with van der Waals surface area (Å²) in [4.78, 5) is 31.4. The van der Waals surface area contributed by atoms with Gasteiger partial charge in [0.05, 0.1) is 12.4 Å². The Morgan fingerprint density at radius 2 is 1.00 bits per heavy atom. The molecule has 3 rings (SSSR count).